The van der Waals surface area contributed by atoms with Gasteiger partial charge in [0, 0.05) is 17.6 Å². The smallest absolute Gasteiger partial charge is 0.251 e. The SMILES string of the molecule is CCNC(=O)c1ccc(NC2(C)CCCC2)c(N)c1. The third kappa shape index (κ3) is 3.19. The fourth-order valence-corrected chi connectivity index (χ4v) is 2.69. The zero-order valence-corrected chi connectivity index (χ0v) is 11.8. The molecule has 1 aliphatic rings. The van der Waals surface area contributed by atoms with E-state index in [1.54, 1.807) is 6.07 Å². The first-order valence-electron chi connectivity index (χ1n) is 7.00. The molecule has 1 amide bonds. The number of benzene rings is 1. The molecule has 0 spiro atoms. The minimum absolute atomic E-state index is 0.0761. The summed E-state index contributed by atoms with van der Waals surface area (Å²) in [6.45, 7) is 4.76. The number of nitrogens with two attached hydrogens (primary N) is 1. The molecule has 2 rings (SSSR count). The number of carbonyl (C=O) groups excluding carboxylic acids is 1. The number of hydrogen-bond acceptors (Lipinski definition) is 3. The van der Waals surface area contributed by atoms with Crippen molar-refractivity contribution in [1.82, 2.24) is 5.32 Å². The average molecular weight is 261 g/mol. The fourth-order valence-electron chi connectivity index (χ4n) is 2.69. The van der Waals surface area contributed by atoms with E-state index in [4.69, 9.17) is 5.73 Å². The summed E-state index contributed by atoms with van der Waals surface area (Å²) in [5.41, 5.74) is 8.37. The summed E-state index contributed by atoms with van der Waals surface area (Å²) in [4.78, 5) is 11.7. The van der Waals surface area contributed by atoms with Gasteiger partial charge in [0.2, 0.25) is 0 Å². The summed E-state index contributed by atoms with van der Waals surface area (Å²) in [5, 5.41) is 6.30. The minimum Gasteiger partial charge on any atom is -0.397 e. The van der Waals surface area contributed by atoms with Crippen LogP contribution in [0, 0.1) is 0 Å². The lowest BCUT2D eigenvalue weighted by atomic mass is 9.99. The molecule has 0 bridgehead atoms. The maximum atomic E-state index is 11.7. The van der Waals surface area contributed by atoms with Gasteiger partial charge in [-0.05, 0) is 44.9 Å². The molecule has 0 radical (unpaired) electrons. The van der Waals surface area contributed by atoms with E-state index in [1.165, 1.54) is 25.7 Å². The van der Waals surface area contributed by atoms with Crippen molar-refractivity contribution in [2.24, 2.45) is 0 Å². The summed E-state index contributed by atoms with van der Waals surface area (Å²) in [7, 11) is 0. The molecule has 1 aliphatic carbocycles. The molecule has 4 heteroatoms. The Hall–Kier alpha value is -1.71. The summed E-state index contributed by atoms with van der Waals surface area (Å²) in [6.07, 6.45) is 4.87. The van der Waals surface area contributed by atoms with Crippen LogP contribution < -0.4 is 16.4 Å². The Balaban J connectivity index is 2.13. The number of nitrogens with one attached hydrogen (secondary N) is 2. The highest BCUT2D eigenvalue weighted by Gasteiger charge is 2.28. The first-order chi connectivity index (χ1) is 9.04. The fraction of sp³-hybridized carbons (Fsp3) is 0.533. The first-order valence-corrected chi connectivity index (χ1v) is 7.00. The van der Waals surface area contributed by atoms with Crippen molar-refractivity contribution in [3.05, 3.63) is 23.8 Å². The van der Waals surface area contributed by atoms with Gasteiger partial charge in [-0.2, -0.15) is 0 Å². The van der Waals surface area contributed by atoms with Crippen LogP contribution in [-0.2, 0) is 0 Å². The zero-order valence-electron chi connectivity index (χ0n) is 11.8. The number of anilines is 2. The van der Waals surface area contributed by atoms with Gasteiger partial charge in [0.1, 0.15) is 0 Å². The van der Waals surface area contributed by atoms with Gasteiger partial charge in [0.25, 0.3) is 5.91 Å². The first kappa shape index (κ1) is 13.7. The molecule has 0 atom stereocenters. The molecule has 0 aromatic heterocycles. The van der Waals surface area contributed by atoms with Crippen LogP contribution in [0.2, 0.25) is 0 Å². The van der Waals surface area contributed by atoms with Gasteiger partial charge in [-0.15, -0.1) is 0 Å². The van der Waals surface area contributed by atoms with Gasteiger partial charge >= 0.3 is 0 Å². The highest BCUT2D eigenvalue weighted by molar-refractivity contribution is 5.96. The predicted molar refractivity (Wildman–Crippen MR) is 79.4 cm³/mol. The van der Waals surface area contributed by atoms with Gasteiger partial charge in [0.15, 0.2) is 0 Å². The number of amides is 1. The molecular formula is C15H23N3O. The molecule has 1 saturated carbocycles. The minimum atomic E-state index is -0.0761. The molecule has 104 valence electrons. The van der Waals surface area contributed by atoms with Crippen LogP contribution in [0.15, 0.2) is 18.2 Å². The molecule has 0 aliphatic heterocycles. The van der Waals surface area contributed by atoms with Crippen molar-refractivity contribution in [2.75, 3.05) is 17.6 Å². The van der Waals surface area contributed by atoms with Crippen LogP contribution in [0.4, 0.5) is 11.4 Å². The second-order valence-corrected chi connectivity index (χ2v) is 5.55. The summed E-state index contributed by atoms with van der Waals surface area (Å²) >= 11 is 0. The van der Waals surface area contributed by atoms with Crippen molar-refractivity contribution >= 4 is 17.3 Å². The highest BCUT2D eigenvalue weighted by Crippen LogP contribution is 2.34. The second-order valence-electron chi connectivity index (χ2n) is 5.55. The van der Waals surface area contributed by atoms with Crippen LogP contribution in [0.3, 0.4) is 0 Å². The van der Waals surface area contributed by atoms with E-state index < -0.39 is 0 Å². The molecule has 0 unspecified atom stereocenters. The van der Waals surface area contributed by atoms with Gasteiger partial charge in [0.05, 0.1) is 11.4 Å². The Morgan fingerprint density at radius 1 is 1.37 bits per heavy atom. The van der Waals surface area contributed by atoms with Crippen molar-refractivity contribution in [3.63, 3.8) is 0 Å². The Labute approximate surface area is 114 Å². The van der Waals surface area contributed by atoms with Gasteiger partial charge < -0.3 is 16.4 Å². The molecule has 0 heterocycles. The van der Waals surface area contributed by atoms with Crippen LogP contribution in [-0.4, -0.2) is 18.0 Å². The Morgan fingerprint density at radius 3 is 2.63 bits per heavy atom. The van der Waals surface area contributed by atoms with Gasteiger partial charge in [-0.3, -0.25) is 4.79 Å². The molecule has 1 fully saturated rings. The summed E-state index contributed by atoms with van der Waals surface area (Å²) < 4.78 is 0. The van der Waals surface area contributed by atoms with E-state index in [9.17, 15) is 4.79 Å². The lowest BCUT2D eigenvalue weighted by Crippen LogP contribution is -2.31. The Kier molecular flexibility index (Phi) is 3.98. The van der Waals surface area contributed by atoms with Gasteiger partial charge in [-0.1, -0.05) is 12.8 Å². The lowest BCUT2D eigenvalue weighted by molar-refractivity contribution is 0.0956. The lowest BCUT2D eigenvalue weighted by Gasteiger charge is -2.27. The van der Waals surface area contributed by atoms with E-state index in [2.05, 4.69) is 17.6 Å². The number of hydrogen-bond donors (Lipinski definition) is 3. The maximum Gasteiger partial charge on any atom is 0.251 e. The van der Waals surface area contributed by atoms with E-state index in [1.807, 2.05) is 19.1 Å². The van der Waals surface area contributed by atoms with Crippen LogP contribution in [0.25, 0.3) is 0 Å². The van der Waals surface area contributed by atoms with E-state index in [0.29, 0.717) is 17.8 Å². The van der Waals surface area contributed by atoms with E-state index in [0.717, 1.165) is 5.69 Å². The molecule has 4 N–H and O–H groups in total. The second kappa shape index (κ2) is 5.51. The topological polar surface area (TPSA) is 67.2 Å². The van der Waals surface area contributed by atoms with Crippen LogP contribution >= 0.6 is 0 Å². The normalized spacial score (nSPS) is 17.2. The zero-order chi connectivity index (χ0) is 13.9. The van der Waals surface area contributed by atoms with Crippen LogP contribution in [0.1, 0.15) is 49.9 Å². The summed E-state index contributed by atoms with van der Waals surface area (Å²) in [5.74, 6) is -0.0761. The van der Waals surface area contributed by atoms with E-state index >= 15 is 0 Å². The third-order valence-electron chi connectivity index (χ3n) is 3.79. The molecule has 4 nitrogen and oxygen atoms in total. The number of nitrogen functional groups attached to an aromatic ring is 1. The largest absolute Gasteiger partial charge is 0.397 e. The van der Waals surface area contributed by atoms with Gasteiger partial charge in [-0.25, -0.2) is 0 Å². The average Bonchev–Trinajstić information content (AvgIpc) is 2.79. The molecule has 0 saturated heterocycles. The van der Waals surface area contributed by atoms with Crippen molar-refractivity contribution < 1.29 is 4.79 Å². The molecule has 1 aromatic rings. The maximum absolute atomic E-state index is 11.7. The predicted octanol–water partition coefficient (Wildman–Crippen LogP) is 2.76. The van der Waals surface area contributed by atoms with Crippen molar-refractivity contribution in [1.29, 1.82) is 0 Å². The Bertz CT molecular complexity index is 464. The standard InChI is InChI=1S/C15H23N3O/c1-3-17-14(19)11-6-7-13(12(16)10-11)18-15(2)8-4-5-9-15/h6-7,10,18H,3-5,8-9,16H2,1-2H3,(H,17,19). The molecular weight excluding hydrogens is 238 g/mol. The van der Waals surface area contributed by atoms with Crippen molar-refractivity contribution in [3.8, 4) is 0 Å². The Morgan fingerprint density at radius 2 is 2.05 bits per heavy atom. The third-order valence-corrected chi connectivity index (χ3v) is 3.79. The van der Waals surface area contributed by atoms with Crippen LogP contribution in [0.5, 0.6) is 0 Å². The van der Waals surface area contributed by atoms with E-state index in [-0.39, 0.29) is 11.4 Å². The molecule has 19 heavy (non-hydrogen) atoms. The quantitative estimate of drug-likeness (QED) is 0.730. The number of carbonyl (C=O) groups is 1. The number of rotatable bonds is 4. The monoisotopic (exact) mass is 261 g/mol. The summed E-state index contributed by atoms with van der Waals surface area (Å²) in [6, 6.07) is 5.47. The highest BCUT2D eigenvalue weighted by atomic mass is 16.1. The molecule has 1 aromatic carbocycles. The van der Waals surface area contributed by atoms with Crippen molar-refractivity contribution in [2.45, 2.75) is 45.1 Å².